The van der Waals surface area contributed by atoms with E-state index < -0.39 is 0 Å². The number of rotatable bonds is 5. The molecular formula is C18H22ClN3O2. The molecule has 0 unspecified atom stereocenters. The lowest BCUT2D eigenvalue weighted by Gasteiger charge is -2.28. The fraction of sp³-hybridized carbons (Fsp3) is 0.500. The van der Waals surface area contributed by atoms with Crippen LogP contribution in [0.4, 0.5) is 0 Å². The van der Waals surface area contributed by atoms with Gasteiger partial charge >= 0.3 is 0 Å². The lowest BCUT2D eigenvalue weighted by atomic mass is 10.1. The van der Waals surface area contributed by atoms with Crippen LogP contribution in [0.25, 0.3) is 11.5 Å². The van der Waals surface area contributed by atoms with Crippen molar-refractivity contribution < 1.29 is 9.21 Å². The van der Waals surface area contributed by atoms with Crippen molar-refractivity contribution in [2.45, 2.75) is 52.1 Å². The first-order valence-corrected chi connectivity index (χ1v) is 8.82. The van der Waals surface area contributed by atoms with Gasteiger partial charge in [0.1, 0.15) is 0 Å². The Hall–Kier alpha value is -1.88. The molecular weight excluding hydrogens is 326 g/mol. The molecule has 0 saturated heterocycles. The highest BCUT2D eigenvalue weighted by Crippen LogP contribution is 2.29. The van der Waals surface area contributed by atoms with Gasteiger partial charge in [-0.05, 0) is 38.8 Å². The molecule has 1 aromatic heterocycles. The summed E-state index contributed by atoms with van der Waals surface area (Å²) in [4.78, 5) is 14.6. The normalized spacial score (nSPS) is 15.2. The highest BCUT2D eigenvalue weighted by molar-refractivity contribution is 6.33. The SMILES string of the molecule is CC(C)N(Cc1nnc(-c2ccccc2Cl)o1)C(=O)C1CCCC1. The van der Waals surface area contributed by atoms with E-state index in [4.69, 9.17) is 16.0 Å². The van der Waals surface area contributed by atoms with Crippen molar-refractivity contribution in [3.8, 4) is 11.5 Å². The molecule has 1 aliphatic rings. The van der Waals surface area contributed by atoms with E-state index in [-0.39, 0.29) is 17.9 Å². The Bertz CT molecular complexity index is 708. The summed E-state index contributed by atoms with van der Waals surface area (Å²) in [6, 6.07) is 7.43. The number of hydrogen-bond acceptors (Lipinski definition) is 4. The van der Waals surface area contributed by atoms with E-state index in [0.29, 0.717) is 28.9 Å². The number of halogens is 1. The highest BCUT2D eigenvalue weighted by atomic mass is 35.5. The summed E-state index contributed by atoms with van der Waals surface area (Å²) in [6.07, 6.45) is 4.24. The van der Waals surface area contributed by atoms with Gasteiger partial charge in [-0.3, -0.25) is 4.79 Å². The molecule has 6 heteroatoms. The number of carbonyl (C=O) groups excluding carboxylic acids is 1. The molecule has 1 amide bonds. The first-order chi connectivity index (χ1) is 11.6. The number of aromatic nitrogens is 2. The molecule has 2 aromatic rings. The van der Waals surface area contributed by atoms with Gasteiger partial charge in [0.25, 0.3) is 0 Å². The van der Waals surface area contributed by atoms with Crippen LogP contribution in [-0.4, -0.2) is 27.0 Å². The van der Waals surface area contributed by atoms with E-state index in [9.17, 15) is 4.79 Å². The molecule has 3 rings (SSSR count). The van der Waals surface area contributed by atoms with Crippen molar-refractivity contribution in [1.82, 2.24) is 15.1 Å². The Morgan fingerprint density at radius 3 is 2.67 bits per heavy atom. The Morgan fingerprint density at radius 1 is 1.29 bits per heavy atom. The smallest absolute Gasteiger partial charge is 0.249 e. The predicted molar refractivity (Wildman–Crippen MR) is 92.4 cm³/mol. The molecule has 0 N–H and O–H groups in total. The highest BCUT2D eigenvalue weighted by Gasteiger charge is 2.29. The van der Waals surface area contributed by atoms with Crippen LogP contribution in [-0.2, 0) is 11.3 Å². The topological polar surface area (TPSA) is 59.2 Å². The molecule has 1 heterocycles. The molecule has 24 heavy (non-hydrogen) atoms. The molecule has 0 spiro atoms. The summed E-state index contributed by atoms with van der Waals surface area (Å²) >= 11 is 6.17. The Balaban J connectivity index is 1.76. The van der Waals surface area contributed by atoms with Gasteiger partial charge in [-0.15, -0.1) is 10.2 Å². The standard InChI is InChI=1S/C18H22ClN3O2/c1-12(2)22(18(23)13-7-3-4-8-13)11-16-20-21-17(24-16)14-9-5-6-10-15(14)19/h5-6,9-10,12-13H,3-4,7-8,11H2,1-2H3. The molecule has 0 radical (unpaired) electrons. The number of benzene rings is 1. The quantitative estimate of drug-likeness (QED) is 0.808. The summed E-state index contributed by atoms with van der Waals surface area (Å²) in [7, 11) is 0. The monoisotopic (exact) mass is 347 g/mol. The zero-order valence-corrected chi connectivity index (χ0v) is 14.8. The van der Waals surface area contributed by atoms with Crippen molar-refractivity contribution in [2.75, 3.05) is 0 Å². The Labute approximate surface area is 147 Å². The lowest BCUT2D eigenvalue weighted by molar-refractivity contribution is -0.138. The lowest BCUT2D eigenvalue weighted by Crippen LogP contribution is -2.39. The average Bonchev–Trinajstić information content (AvgIpc) is 3.24. The zero-order chi connectivity index (χ0) is 17.1. The number of nitrogens with zero attached hydrogens (tertiary/aromatic N) is 3. The average molecular weight is 348 g/mol. The van der Waals surface area contributed by atoms with Crippen LogP contribution in [0, 0.1) is 5.92 Å². The molecule has 0 bridgehead atoms. The van der Waals surface area contributed by atoms with Crippen molar-refractivity contribution >= 4 is 17.5 Å². The maximum atomic E-state index is 12.7. The number of hydrogen-bond donors (Lipinski definition) is 0. The third kappa shape index (κ3) is 3.61. The molecule has 5 nitrogen and oxygen atoms in total. The fourth-order valence-electron chi connectivity index (χ4n) is 3.13. The van der Waals surface area contributed by atoms with Gasteiger partial charge < -0.3 is 9.32 Å². The first kappa shape index (κ1) is 17.0. The summed E-state index contributed by atoms with van der Waals surface area (Å²) in [5, 5.41) is 8.74. The zero-order valence-electron chi connectivity index (χ0n) is 14.0. The number of amides is 1. The number of carbonyl (C=O) groups is 1. The molecule has 1 saturated carbocycles. The van der Waals surface area contributed by atoms with E-state index in [1.54, 1.807) is 6.07 Å². The van der Waals surface area contributed by atoms with E-state index in [2.05, 4.69) is 10.2 Å². The maximum Gasteiger partial charge on any atom is 0.249 e. The van der Waals surface area contributed by atoms with Gasteiger partial charge in [-0.1, -0.05) is 36.6 Å². The fourth-order valence-corrected chi connectivity index (χ4v) is 3.35. The molecule has 1 fully saturated rings. The molecule has 0 aliphatic heterocycles. The van der Waals surface area contributed by atoms with Gasteiger partial charge in [0.05, 0.1) is 17.1 Å². The minimum Gasteiger partial charge on any atom is -0.419 e. The third-order valence-electron chi connectivity index (χ3n) is 4.49. The Morgan fingerprint density at radius 2 is 2.00 bits per heavy atom. The van der Waals surface area contributed by atoms with E-state index in [1.807, 2.05) is 36.9 Å². The van der Waals surface area contributed by atoms with Crippen LogP contribution < -0.4 is 0 Å². The molecule has 1 aliphatic carbocycles. The summed E-state index contributed by atoms with van der Waals surface area (Å²) < 4.78 is 5.74. The minimum atomic E-state index is 0.0914. The van der Waals surface area contributed by atoms with E-state index in [1.165, 1.54) is 0 Å². The maximum absolute atomic E-state index is 12.7. The van der Waals surface area contributed by atoms with Crippen LogP contribution >= 0.6 is 11.6 Å². The summed E-state index contributed by atoms with van der Waals surface area (Å²) in [5.41, 5.74) is 0.705. The second kappa shape index (κ2) is 7.34. The van der Waals surface area contributed by atoms with Crippen LogP contribution in [0.5, 0.6) is 0 Å². The van der Waals surface area contributed by atoms with Gasteiger partial charge in [0.15, 0.2) is 0 Å². The van der Waals surface area contributed by atoms with Crippen LogP contribution in [0.2, 0.25) is 5.02 Å². The summed E-state index contributed by atoms with van der Waals surface area (Å²) in [6.45, 7) is 4.36. The van der Waals surface area contributed by atoms with Crippen molar-refractivity contribution in [2.24, 2.45) is 5.92 Å². The van der Waals surface area contributed by atoms with Crippen molar-refractivity contribution in [1.29, 1.82) is 0 Å². The van der Waals surface area contributed by atoms with Crippen LogP contribution in [0.1, 0.15) is 45.4 Å². The van der Waals surface area contributed by atoms with Gasteiger partial charge in [0.2, 0.25) is 17.7 Å². The molecule has 128 valence electrons. The molecule has 0 atom stereocenters. The van der Waals surface area contributed by atoms with Crippen LogP contribution in [0.3, 0.4) is 0 Å². The van der Waals surface area contributed by atoms with E-state index >= 15 is 0 Å². The van der Waals surface area contributed by atoms with Gasteiger partial charge in [0, 0.05) is 12.0 Å². The van der Waals surface area contributed by atoms with Crippen molar-refractivity contribution in [3.05, 3.63) is 35.2 Å². The minimum absolute atomic E-state index is 0.0914. The first-order valence-electron chi connectivity index (χ1n) is 8.44. The largest absolute Gasteiger partial charge is 0.419 e. The third-order valence-corrected chi connectivity index (χ3v) is 4.82. The summed E-state index contributed by atoms with van der Waals surface area (Å²) in [5.74, 6) is 1.15. The van der Waals surface area contributed by atoms with E-state index in [0.717, 1.165) is 25.7 Å². The second-order valence-corrected chi connectivity index (χ2v) is 6.93. The predicted octanol–water partition coefficient (Wildman–Crippen LogP) is 4.32. The van der Waals surface area contributed by atoms with Crippen molar-refractivity contribution in [3.63, 3.8) is 0 Å². The van der Waals surface area contributed by atoms with Gasteiger partial charge in [-0.2, -0.15) is 0 Å². The second-order valence-electron chi connectivity index (χ2n) is 6.52. The Kier molecular flexibility index (Phi) is 5.19. The molecule has 1 aromatic carbocycles. The van der Waals surface area contributed by atoms with Crippen LogP contribution in [0.15, 0.2) is 28.7 Å². The van der Waals surface area contributed by atoms with Gasteiger partial charge in [-0.25, -0.2) is 0 Å².